The molecule has 4 heteroatoms. The Morgan fingerprint density at radius 1 is 0.650 bits per heavy atom. The SMILES string of the molecule is C/C(=N/N=C(/C)c1ccc(N)cc1)c1ccc(N)cc1. The van der Waals surface area contributed by atoms with Gasteiger partial charge in [-0.05, 0) is 49.2 Å². The second-order valence-corrected chi connectivity index (χ2v) is 4.61. The first-order chi connectivity index (χ1) is 9.56. The number of hydrogen-bond donors (Lipinski definition) is 2. The van der Waals surface area contributed by atoms with Gasteiger partial charge in [0.05, 0.1) is 11.4 Å². The molecule has 0 atom stereocenters. The highest BCUT2D eigenvalue weighted by molar-refractivity contribution is 6.01. The first kappa shape index (κ1) is 13.8. The molecule has 0 fully saturated rings. The normalized spacial score (nSPS) is 12.5. The summed E-state index contributed by atoms with van der Waals surface area (Å²) in [4.78, 5) is 0. The fraction of sp³-hybridized carbons (Fsp3) is 0.125. The molecule has 4 N–H and O–H groups in total. The molecule has 0 aliphatic heterocycles. The van der Waals surface area contributed by atoms with E-state index in [2.05, 4.69) is 10.2 Å². The van der Waals surface area contributed by atoms with E-state index in [1.54, 1.807) is 0 Å². The summed E-state index contributed by atoms with van der Waals surface area (Å²) < 4.78 is 0. The number of rotatable bonds is 3. The molecule has 0 saturated carbocycles. The van der Waals surface area contributed by atoms with E-state index in [-0.39, 0.29) is 0 Å². The number of nitrogen functional groups attached to an aromatic ring is 2. The van der Waals surface area contributed by atoms with Crippen LogP contribution in [0, 0.1) is 0 Å². The maximum absolute atomic E-state index is 5.66. The Balaban J connectivity index is 2.19. The van der Waals surface area contributed by atoms with Gasteiger partial charge < -0.3 is 11.5 Å². The highest BCUT2D eigenvalue weighted by atomic mass is 15.2. The summed E-state index contributed by atoms with van der Waals surface area (Å²) in [7, 11) is 0. The van der Waals surface area contributed by atoms with Crippen molar-refractivity contribution >= 4 is 22.8 Å². The molecule has 0 aliphatic carbocycles. The first-order valence-corrected chi connectivity index (χ1v) is 6.37. The third-order valence-electron chi connectivity index (χ3n) is 3.01. The minimum Gasteiger partial charge on any atom is -0.399 e. The third kappa shape index (κ3) is 3.45. The molecule has 2 aromatic rings. The molecule has 2 rings (SSSR count). The van der Waals surface area contributed by atoms with Gasteiger partial charge in [0.2, 0.25) is 0 Å². The van der Waals surface area contributed by atoms with Crippen LogP contribution < -0.4 is 11.5 Å². The van der Waals surface area contributed by atoms with E-state index >= 15 is 0 Å². The third-order valence-corrected chi connectivity index (χ3v) is 3.01. The minimum absolute atomic E-state index is 0.739. The zero-order valence-electron chi connectivity index (χ0n) is 11.7. The van der Waals surface area contributed by atoms with Crippen LogP contribution in [0.4, 0.5) is 11.4 Å². The molecule has 0 aliphatic rings. The van der Waals surface area contributed by atoms with E-state index in [4.69, 9.17) is 11.5 Å². The molecule has 0 bridgehead atoms. The Bertz CT molecular complexity index is 578. The van der Waals surface area contributed by atoms with E-state index in [0.29, 0.717) is 0 Å². The summed E-state index contributed by atoms with van der Waals surface area (Å²) in [5.74, 6) is 0. The van der Waals surface area contributed by atoms with Crippen molar-refractivity contribution in [3.63, 3.8) is 0 Å². The summed E-state index contributed by atoms with van der Waals surface area (Å²) in [6.07, 6.45) is 0. The summed E-state index contributed by atoms with van der Waals surface area (Å²) in [5.41, 5.74) is 16.5. The van der Waals surface area contributed by atoms with Gasteiger partial charge >= 0.3 is 0 Å². The van der Waals surface area contributed by atoms with Crippen LogP contribution in [0.2, 0.25) is 0 Å². The number of nitrogens with two attached hydrogens (primary N) is 2. The summed E-state index contributed by atoms with van der Waals surface area (Å²) >= 11 is 0. The molecule has 0 radical (unpaired) electrons. The Labute approximate surface area is 118 Å². The Morgan fingerprint density at radius 2 is 0.950 bits per heavy atom. The Morgan fingerprint density at radius 3 is 1.25 bits per heavy atom. The Kier molecular flexibility index (Phi) is 4.15. The van der Waals surface area contributed by atoms with Crippen LogP contribution in [-0.2, 0) is 0 Å². The lowest BCUT2D eigenvalue weighted by Crippen LogP contribution is -1.97. The Hall–Kier alpha value is -2.62. The molecule has 0 aromatic heterocycles. The van der Waals surface area contributed by atoms with Crippen molar-refractivity contribution in [2.75, 3.05) is 11.5 Å². The van der Waals surface area contributed by atoms with Gasteiger partial charge in [0.15, 0.2) is 0 Å². The highest BCUT2D eigenvalue weighted by Gasteiger charge is 1.99. The van der Waals surface area contributed by atoms with Crippen molar-refractivity contribution < 1.29 is 0 Å². The van der Waals surface area contributed by atoms with Gasteiger partial charge in [-0.15, -0.1) is 0 Å². The molecule has 0 heterocycles. The van der Waals surface area contributed by atoms with Crippen molar-refractivity contribution in [2.24, 2.45) is 10.2 Å². The molecule has 20 heavy (non-hydrogen) atoms. The predicted octanol–water partition coefficient (Wildman–Crippen LogP) is 3.08. The van der Waals surface area contributed by atoms with E-state index < -0.39 is 0 Å². The monoisotopic (exact) mass is 266 g/mol. The van der Waals surface area contributed by atoms with Crippen LogP contribution in [0.25, 0.3) is 0 Å². The molecular weight excluding hydrogens is 248 g/mol. The van der Waals surface area contributed by atoms with Crippen molar-refractivity contribution in [1.29, 1.82) is 0 Å². The zero-order valence-corrected chi connectivity index (χ0v) is 11.7. The van der Waals surface area contributed by atoms with Crippen LogP contribution in [0.15, 0.2) is 58.7 Å². The lowest BCUT2D eigenvalue weighted by Gasteiger charge is -2.01. The van der Waals surface area contributed by atoms with Gasteiger partial charge in [-0.2, -0.15) is 10.2 Å². The number of hydrogen-bond acceptors (Lipinski definition) is 4. The van der Waals surface area contributed by atoms with Crippen molar-refractivity contribution in [1.82, 2.24) is 0 Å². The van der Waals surface area contributed by atoms with Gasteiger partial charge in [-0.3, -0.25) is 0 Å². The summed E-state index contributed by atoms with van der Waals surface area (Å²) in [6, 6.07) is 15.1. The van der Waals surface area contributed by atoms with Crippen LogP contribution in [0.3, 0.4) is 0 Å². The molecular formula is C16H18N4. The zero-order chi connectivity index (χ0) is 14.5. The van der Waals surface area contributed by atoms with Crippen molar-refractivity contribution in [3.05, 3.63) is 59.7 Å². The minimum atomic E-state index is 0.739. The largest absolute Gasteiger partial charge is 0.399 e. The smallest absolute Gasteiger partial charge is 0.0671 e. The molecule has 0 amide bonds. The second-order valence-electron chi connectivity index (χ2n) is 4.61. The quantitative estimate of drug-likeness (QED) is 0.509. The van der Waals surface area contributed by atoms with Crippen molar-refractivity contribution in [3.8, 4) is 0 Å². The van der Waals surface area contributed by atoms with Crippen LogP contribution in [-0.4, -0.2) is 11.4 Å². The van der Waals surface area contributed by atoms with Gasteiger partial charge in [-0.1, -0.05) is 24.3 Å². The average molecular weight is 266 g/mol. The maximum Gasteiger partial charge on any atom is 0.0671 e. The van der Waals surface area contributed by atoms with Gasteiger partial charge in [0, 0.05) is 11.4 Å². The second kappa shape index (κ2) is 6.02. The topological polar surface area (TPSA) is 76.8 Å². The van der Waals surface area contributed by atoms with Crippen LogP contribution in [0.1, 0.15) is 25.0 Å². The van der Waals surface area contributed by atoms with Crippen molar-refractivity contribution in [2.45, 2.75) is 13.8 Å². The fourth-order valence-electron chi connectivity index (χ4n) is 1.71. The van der Waals surface area contributed by atoms with Crippen LogP contribution >= 0.6 is 0 Å². The standard InChI is InChI=1S/C16H18N4/c1-11(13-3-7-15(17)8-4-13)19-20-12(2)14-5-9-16(18)10-6-14/h3-10H,17-18H2,1-2H3/b19-11-,20-12-. The fourth-order valence-corrected chi connectivity index (χ4v) is 1.71. The molecule has 2 aromatic carbocycles. The van der Waals surface area contributed by atoms with E-state index in [1.165, 1.54) is 0 Å². The highest BCUT2D eigenvalue weighted by Crippen LogP contribution is 2.09. The molecule has 0 unspecified atom stereocenters. The number of nitrogens with zero attached hydrogens (tertiary/aromatic N) is 2. The molecule has 102 valence electrons. The molecule has 0 spiro atoms. The van der Waals surface area contributed by atoms with E-state index in [0.717, 1.165) is 33.9 Å². The molecule has 0 saturated heterocycles. The van der Waals surface area contributed by atoms with E-state index in [9.17, 15) is 0 Å². The number of benzene rings is 2. The lowest BCUT2D eigenvalue weighted by molar-refractivity contribution is 1.22. The van der Waals surface area contributed by atoms with Gasteiger partial charge in [-0.25, -0.2) is 0 Å². The maximum atomic E-state index is 5.66. The van der Waals surface area contributed by atoms with Gasteiger partial charge in [0.25, 0.3) is 0 Å². The average Bonchev–Trinajstić information content (AvgIpc) is 2.46. The summed E-state index contributed by atoms with van der Waals surface area (Å²) in [5, 5.41) is 8.51. The van der Waals surface area contributed by atoms with E-state index in [1.807, 2.05) is 62.4 Å². The lowest BCUT2D eigenvalue weighted by atomic mass is 10.1. The van der Waals surface area contributed by atoms with Gasteiger partial charge in [0.1, 0.15) is 0 Å². The predicted molar refractivity (Wildman–Crippen MR) is 86.1 cm³/mol. The summed E-state index contributed by atoms with van der Waals surface area (Å²) in [6.45, 7) is 3.84. The number of anilines is 2. The van der Waals surface area contributed by atoms with Crippen LogP contribution in [0.5, 0.6) is 0 Å². The first-order valence-electron chi connectivity index (χ1n) is 6.37. The molecule has 4 nitrogen and oxygen atoms in total.